The smallest absolute Gasteiger partial charge is 0.325 e. The van der Waals surface area contributed by atoms with E-state index in [0.717, 1.165) is 23.1 Å². The third-order valence-corrected chi connectivity index (χ3v) is 4.83. The summed E-state index contributed by atoms with van der Waals surface area (Å²) in [5.41, 5.74) is 1.34. The van der Waals surface area contributed by atoms with Gasteiger partial charge < -0.3 is 9.47 Å². The monoisotopic (exact) mass is 354 g/mol. The van der Waals surface area contributed by atoms with Crippen LogP contribution in [0.25, 0.3) is 0 Å². The fourth-order valence-corrected chi connectivity index (χ4v) is 3.37. The van der Waals surface area contributed by atoms with E-state index < -0.39 is 18.0 Å². The van der Waals surface area contributed by atoms with Gasteiger partial charge in [-0.2, -0.15) is 18.3 Å². The number of aryl methyl sites for hydroxylation is 1. The van der Waals surface area contributed by atoms with Crippen molar-refractivity contribution in [3.05, 3.63) is 29.1 Å². The topological polar surface area (TPSA) is 68.8 Å². The number of nitrogens with zero attached hydrogens (tertiary/aromatic N) is 6. The number of carbonyl (C=O) groups is 1. The summed E-state index contributed by atoms with van der Waals surface area (Å²) in [5, 5.41) is 11.2. The van der Waals surface area contributed by atoms with E-state index in [4.69, 9.17) is 0 Å². The normalized spacial score (nSPS) is 20.7. The summed E-state index contributed by atoms with van der Waals surface area (Å²) in [6.07, 6.45) is -2.37. The molecule has 10 heteroatoms. The predicted molar refractivity (Wildman–Crippen MR) is 79.7 cm³/mol. The third kappa shape index (κ3) is 2.59. The standard InChI is InChI=1S/C15H17F3N6O/c1-8-12-19-20-14(15(16,17)18)24(12)6-5-23(8)13(25)10-7-11(9-3-4-9)22(2)21-10/h7-9H,3-6H2,1-2H3. The van der Waals surface area contributed by atoms with E-state index in [0.29, 0.717) is 11.6 Å². The van der Waals surface area contributed by atoms with Crippen molar-refractivity contribution < 1.29 is 18.0 Å². The summed E-state index contributed by atoms with van der Waals surface area (Å²) < 4.78 is 41.7. The quantitative estimate of drug-likeness (QED) is 0.828. The number of aromatic nitrogens is 5. The van der Waals surface area contributed by atoms with E-state index in [1.807, 2.05) is 0 Å². The van der Waals surface area contributed by atoms with Crippen molar-refractivity contribution in [3.63, 3.8) is 0 Å². The van der Waals surface area contributed by atoms with E-state index >= 15 is 0 Å². The third-order valence-electron chi connectivity index (χ3n) is 4.83. The Kier molecular flexibility index (Phi) is 3.41. The number of rotatable bonds is 2. The molecule has 0 bridgehead atoms. The van der Waals surface area contributed by atoms with Crippen LogP contribution < -0.4 is 0 Å². The summed E-state index contributed by atoms with van der Waals surface area (Å²) in [5.74, 6) is -0.714. The van der Waals surface area contributed by atoms with Gasteiger partial charge >= 0.3 is 6.18 Å². The van der Waals surface area contributed by atoms with Crippen LogP contribution in [0.5, 0.6) is 0 Å². The Morgan fingerprint density at radius 3 is 2.60 bits per heavy atom. The lowest BCUT2D eigenvalue weighted by atomic mass is 10.1. The molecule has 2 aliphatic rings. The molecular formula is C15H17F3N6O. The molecular weight excluding hydrogens is 337 g/mol. The highest BCUT2D eigenvalue weighted by Gasteiger charge is 2.42. The average Bonchev–Trinajstić information content (AvgIpc) is 3.14. The van der Waals surface area contributed by atoms with Crippen LogP contribution in [0.2, 0.25) is 0 Å². The molecule has 2 aromatic rings. The second kappa shape index (κ2) is 5.30. The molecule has 1 aliphatic carbocycles. The van der Waals surface area contributed by atoms with Gasteiger partial charge in [0.15, 0.2) is 11.5 Å². The van der Waals surface area contributed by atoms with Crippen molar-refractivity contribution >= 4 is 5.91 Å². The number of fused-ring (bicyclic) bond motifs is 1. The first-order chi connectivity index (χ1) is 11.8. The van der Waals surface area contributed by atoms with Crippen molar-refractivity contribution in [1.29, 1.82) is 0 Å². The summed E-state index contributed by atoms with van der Waals surface area (Å²) >= 11 is 0. The van der Waals surface area contributed by atoms with Crippen LogP contribution in [-0.2, 0) is 19.8 Å². The van der Waals surface area contributed by atoms with Crippen molar-refractivity contribution in [2.24, 2.45) is 7.05 Å². The molecule has 1 unspecified atom stereocenters. The van der Waals surface area contributed by atoms with Gasteiger partial charge in [0.2, 0.25) is 5.82 Å². The van der Waals surface area contributed by atoms with Crippen LogP contribution >= 0.6 is 0 Å². The van der Waals surface area contributed by atoms with E-state index in [9.17, 15) is 18.0 Å². The molecule has 2 aromatic heterocycles. The number of alkyl halides is 3. The molecule has 134 valence electrons. The highest BCUT2D eigenvalue weighted by atomic mass is 19.4. The van der Waals surface area contributed by atoms with Crippen LogP contribution in [-0.4, -0.2) is 41.9 Å². The minimum atomic E-state index is -4.56. The van der Waals surface area contributed by atoms with Crippen molar-refractivity contribution in [2.75, 3.05) is 6.54 Å². The Morgan fingerprint density at radius 1 is 1.24 bits per heavy atom. The molecule has 0 radical (unpaired) electrons. The van der Waals surface area contributed by atoms with E-state index in [-0.39, 0.29) is 24.8 Å². The van der Waals surface area contributed by atoms with Gasteiger partial charge in [-0.25, -0.2) is 0 Å². The van der Waals surface area contributed by atoms with Gasteiger partial charge in [0.1, 0.15) is 0 Å². The fraction of sp³-hybridized carbons (Fsp3) is 0.600. The van der Waals surface area contributed by atoms with E-state index in [1.165, 1.54) is 4.90 Å². The lowest BCUT2D eigenvalue weighted by Gasteiger charge is -2.33. The second-order valence-corrected chi connectivity index (χ2v) is 6.56. The number of halogens is 3. The Morgan fingerprint density at radius 2 is 1.96 bits per heavy atom. The molecule has 0 N–H and O–H groups in total. The minimum absolute atomic E-state index is 0.00950. The van der Waals surface area contributed by atoms with Crippen LogP contribution in [0, 0.1) is 0 Å². The molecule has 25 heavy (non-hydrogen) atoms. The highest BCUT2D eigenvalue weighted by Crippen LogP contribution is 2.40. The van der Waals surface area contributed by atoms with Gasteiger partial charge in [-0.05, 0) is 25.8 Å². The average molecular weight is 354 g/mol. The zero-order chi connectivity index (χ0) is 17.9. The number of hydrogen-bond acceptors (Lipinski definition) is 4. The van der Waals surface area contributed by atoms with Crippen molar-refractivity contribution in [2.45, 2.75) is 44.4 Å². The number of amides is 1. The molecule has 0 saturated heterocycles. The van der Waals surface area contributed by atoms with Gasteiger partial charge in [-0.3, -0.25) is 9.48 Å². The molecule has 0 spiro atoms. The molecule has 1 fully saturated rings. The summed E-state index contributed by atoms with van der Waals surface area (Å²) in [6.45, 7) is 1.82. The Hall–Kier alpha value is -2.39. The maximum Gasteiger partial charge on any atom is 0.451 e. The maximum atomic E-state index is 13.0. The van der Waals surface area contributed by atoms with Crippen molar-refractivity contribution in [3.8, 4) is 0 Å². The summed E-state index contributed by atoms with van der Waals surface area (Å²) in [6, 6.07) is 1.18. The highest BCUT2D eigenvalue weighted by molar-refractivity contribution is 5.92. The molecule has 1 aliphatic heterocycles. The Bertz CT molecular complexity index is 835. The Labute approximate surface area is 141 Å². The van der Waals surface area contributed by atoms with Crippen molar-refractivity contribution in [1.82, 2.24) is 29.4 Å². The summed E-state index contributed by atoms with van der Waals surface area (Å²) in [7, 11) is 1.80. The van der Waals surface area contributed by atoms with Gasteiger partial charge in [-0.1, -0.05) is 0 Å². The fourth-order valence-electron chi connectivity index (χ4n) is 3.37. The molecule has 3 heterocycles. The molecule has 1 amide bonds. The zero-order valence-electron chi connectivity index (χ0n) is 13.8. The zero-order valence-corrected chi connectivity index (χ0v) is 13.8. The van der Waals surface area contributed by atoms with Crippen LogP contribution in [0.1, 0.15) is 59.6 Å². The minimum Gasteiger partial charge on any atom is -0.325 e. The molecule has 7 nitrogen and oxygen atoms in total. The molecule has 0 aromatic carbocycles. The van der Waals surface area contributed by atoms with Crippen LogP contribution in [0.15, 0.2) is 6.07 Å². The van der Waals surface area contributed by atoms with Gasteiger partial charge in [0, 0.05) is 31.7 Å². The lowest BCUT2D eigenvalue weighted by molar-refractivity contribution is -0.148. The first-order valence-electron chi connectivity index (χ1n) is 8.12. The van der Waals surface area contributed by atoms with E-state index in [2.05, 4.69) is 15.3 Å². The lowest BCUT2D eigenvalue weighted by Crippen LogP contribution is -2.42. The van der Waals surface area contributed by atoms with Crippen LogP contribution in [0.3, 0.4) is 0 Å². The Balaban J connectivity index is 1.61. The van der Waals surface area contributed by atoms with E-state index in [1.54, 1.807) is 24.7 Å². The first-order valence-corrected chi connectivity index (χ1v) is 8.12. The molecule has 4 rings (SSSR count). The van der Waals surface area contributed by atoms with Gasteiger partial charge in [-0.15, -0.1) is 10.2 Å². The largest absolute Gasteiger partial charge is 0.451 e. The second-order valence-electron chi connectivity index (χ2n) is 6.56. The molecule has 1 atom stereocenters. The summed E-state index contributed by atoms with van der Waals surface area (Å²) in [4.78, 5) is 14.3. The van der Waals surface area contributed by atoms with Crippen LogP contribution in [0.4, 0.5) is 13.2 Å². The SMILES string of the molecule is CC1c2nnc(C(F)(F)F)n2CCN1C(=O)c1cc(C2CC2)n(C)n1. The predicted octanol–water partition coefficient (Wildman–Crippen LogP) is 2.12. The van der Waals surface area contributed by atoms with Gasteiger partial charge in [0.25, 0.3) is 5.91 Å². The van der Waals surface area contributed by atoms with Gasteiger partial charge in [0.05, 0.1) is 6.04 Å². The number of carbonyl (C=O) groups excluding carboxylic acids is 1. The molecule has 1 saturated carbocycles. The first kappa shape index (κ1) is 16.1. The maximum absolute atomic E-state index is 13.0. The number of hydrogen-bond donors (Lipinski definition) is 0.